The molecule has 0 aromatic rings. The third kappa shape index (κ3) is 25.7. The van der Waals surface area contributed by atoms with Crippen molar-refractivity contribution in [2.24, 2.45) is 5.92 Å². The summed E-state index contributed by atoms with van der Waals surface area (Å²) < 4.78 is 12.8. The lowest BCUT2D eigenvalue weighted by molar-refractivity contribution is -0.151. The first kappa shape index (κ1) is 48.1. The SMILES string of the molecule is CCCCCCCCC(CCCCCCCC)OC(CCCCCCCN(CCO)CCCCCC(=O)OC1CCC(CCCCC)CC1)=C1CCC1. The molecule has 0 unspecified atom stereocenters. The van der Waals surface area contributed by atoms with E-state index in [0.29, 0.717) is 12.5 Å². The average Bonchev–Trinajstić information content (AvgIpc) is 3.13. The normalized spacial score (nSPS) is 17.4. The van der Waals surface area contributed by atoms with Crippen molar-refractivity contribution < 1.29 is 19.4 Å². The monoisotopic (exact) mass is 746 g/mol. The number of rotatable bonds is 37. The van der Waals surface area contributed by atoms with Crippen LogP contribution in [0.25, 0.3) is 0 Å². The molecule has 53 heavy (non-hydrogen) atoms. The number of hydrogen-bond acceptors (Lipinski definition) is 5. The predicted molar refractivity (Wildman–Crippen MR) is 227 cm³/mol. The smallest absolute Gasteiger partial charge is 0.306 e. The van der Waals surface area contributed by atoms with Crippen LogP contribution in [0.5, 0.6) is 0 Å². The zero-order chi connectivity index (χ0) is 38.0. The Morgan fingerprint density at radius 1 is 0.623 bits per heavy atom. The van der Waals surface area contributed by atoms with Gasteiger partial charge in [0, 0.05) is 19.4 Å². The summed E-state index contributed by atoms with van der Waals surface area (Å²) in [5, 5.41) is 9.66. The van der Waals surface area contributed by atoms with E-state index in [-0.39, 0.29) is 18.7 Å². The Balaban J connectivity index is 1.59. The van der Waals surface area contributed by atoms with Gasteiger partial charge in [0.05, 0.1) is 18.5 Å². The van der Waals surface area contributed by atoms with Gasteiger partial charge in [-0.25, -0.2) is 0 Å². The maximum Gasteiger partial charge on any atom is 0.306 e. The average molecular weight is 746 g/mol. The highest BCUT2D eigenvalue weighted by atomic mass is 16.5. The number of nitrogens with zero attached hydrogens (tertiary/aromatic N) is 1. The van der Waals surface area contributed by atoms with Crippen LogP contribution in [0.2, 0.25) is 0 Å². The van der Waals surface area contributed by atoms with Crippen LogP contribution in [0.3, 0.4) is 0 Å². The van der Waals surface area contributed by atoms with Crippen LogP contribution in [0.15, 0.2) is 11.3 Å². The van der Waals surface area contributed by atoms with Gasteiger partial charge in [-0.3, -0.25) is 4.79 Å². The lowest BCUT2D eigenvalue weighted by atomic mass is 9.84. The molecule has 0 bridgehead atoms. The summed E-state index contributed by atoms with van der Waals surface area (Å²) in [6.07, 6.45) is 44.3. The molecule has 2 aliphatic rings. The van der Waals surface area contributed by atoms with Gasteiger partial charge < -0.3 is 19.5 Å². The maximum atomic E-state index is 12.5. The molecule has 5 heteroatoms. The van der Waals surface area contributed by atoms with Gasteiger partial charge in [-0.1, -0.05) is 136 Å². The van der Waals surface area contributed by atoms with Gasteiger partial charge in [0.15, 0.2) is 0 Å². The molecular weight excluding hydrogens is 655 g/mol. The molecule has 2 saturated carbocycles. The highest BCUT2D eigenvalue weighted by Crippen LogP contribution is 2.34. The summed E-state index contributed by atoms with van der Waals surface area (Å²) in [5.74, 6) is 2.25. The maximum absolute atomic E-state index is 12.5. The van der Waals surface area contributed by atoms with E-state index in [1.807, 2.05) is 0 Å². The van der Waals surface area contributed by atoms with Crippen LogP contribution in [0, 0.1) is 5.92 Å². The lowest BCUT2D eigenvalue weighted by Crippen LogP contribution is -2.29. The molecule has 1 N–H and O–H groups in total. The van der Waals surface area contributed by atoms with Crippen molar-refractivity contribution in [1.82, 2.24) is 4.90 Å². The number of aliphatic hydroxyl groups excluding tert-OH is 1. The highest BCUT2D eigenvalue weighted by Gasteiger charge is 2.24. The van der Waals surface area contributed by atoms with Gasteiger partial charge in [-0.15, -0.1) is 0 Å². The molecule has 2 fully saturated rings. The van der Waals surface area contributed by atoms with Crippen molar-refractivity contribution in [1.29, 1.82) is 0 Å². The molecule has 0 heterocycles. The fourth-order valence-electron chi connectivity index (χ4n) is 8.60. The van der Waals surface area contributed by atoms with E-state index in [1.165, 1.54) is 186 Å². The zero-order valence-electron chi connectivity index (χ0n) is 35.9. The molecule has 0 atom stereocenters. The molecule has 0 aromatic heterocycles. The first-order valence-electron chi connectivity index (χ1n) is 24.0. The molecular formula is C48H91NO4. The van der Waals surface area contributed by atoms with Crippen molar-refractivity contribution in [3.05, 3.63) is 11.3 Å². The van der Waals surface area contributed by atoms with Crippen LogP contribution in [-0.4, -0.2) is 54.4 Å². The minimum Gasteiger partial charge on any atom is -0.495 e. The van der Waals surface area contributed by atoms with Gasteiger partial charge >= 0.3 is 5.97 Å². The molecule has 0 aliphatic heterocycles. The molecule has 0 radical (unpaired) electrons. The van der Waals surface area contributed by atoms with E-state index in [1.54, 1.807) is 5.57 Å². The number of allylic oxidation sites excluding steroid dienone is 2. The predicted octanol–water partition coefficient (Wildman–Crippen LogP) is 14.2. The largest absolute Gasteiger partial charge is 0.495 e. The van der Waals surface area contributed by atoms with Gasteiger partial charge in [-0.05, 0) is 121 Å². The standard InChI is InChI=1S/C48H91NO4/c1-4-7-10-12-15-21-31-45(32-22-16-13-11-8-5-2)52-47(44-29-27-30-44)33-23-17-14-18-25-39-49(41-42-50)40-26-19-24-34-48(51)53-46-37-35-43(36-38-46)28-20-9-6-3/h43,45-46,50H,4-42H2,1-3H3. The molecule has 2 rings (SSSR count). The molecule has 0 aromatic carbocycles. The second kappa shape index (κ2) is 34.2. The summed E-state index contributed by atoms with van der Waals surface area (Å²) in [6.45, 7) is 9.96. The number of unbranched alkanes of at least 4 members (excludes halogenated alkanes) is 18. The summed E-state index contributed by atoms with van der Waals surface area (Å²) in [7, 11) is 0. The zero-order valence-corrected chi connectivity index (χ0v) is 35.9. The van der Waals surface area contributed by atoms with E-state index in [0.717, 1.165) is 64.1 Å². The Morgan fingerprint density at radius 2 is 1.13 bits per heavy atom. The van der Waals surface area contributed by atoms with Gasteiger partial charge in [0.25, 0.3) is 0 Å². The van der Waals surface area contributed by atoms with E-state index in [2.05, 4.69) is 25.7 Å². The highest BCUT2D eigenvalue weighted by molar-refractivity contribution is 5.69. The Bertz CT molecular complexity index is 844. The second-order valence-electron chi connectivity index (χ2n) is 17.3. The van der Waals surface area contributed by atoms with Crippen LogP contribution in [0.4, 0.5) is 0 Å². The third-order valence-electron chi connectivity index (χ3n) is 12.4. The molecule has 5 nitrogen and oxygen atoms in total. The summed E-state index contributed by atoms with van der Waals surface area (Å²) >= 11 is 0. The molecule has 0 saturated heterocycles. The van der Waals surface area contributed by atoms with E-state index < -0.39 is 0 Å². The molecule has 2 aliphatic carbocycles. The van der Waals surface area contributed by atoms with E-state index in [4.69, 9.17) is 9.47 Å². The number of aliphatic hydroxyl groups is 1. The Hall–Kier alpha value is -1.07. The molecule has 0 spiro atoms. The van der Waals surface area contributed by atoms with Gasteiger partial charge in [0.2, 0.25) is 0 Å². The third-order valence-corrected chi connectivity index (χ3v) is 12.4. The van der Waals surface area contributed by atoms with E-state index >= 15 is 0 Å². The van der Waals surface area contributed by atoms with Crippen molar-refractivity contribution in [3.63, 3.8) is 0 Å². The summed E-state index contributed by atoms with van der Waals surface area (Å²) in [4.78, 5) is 14.9. The molecule has 312 valence electrons. The Kier molecular flexibility index (Phi) is 31.0. The summed E-state index contributed by atoms with van der Waals surface area (Å²) in [5.41, 5.74) is 1.63. The van der Waals surface area contributed by atoms with Crippen molar-refractivity contribution in [2.75, 3.05) is 26.2 Å². The fraction of sp³-hybridized carbons (Fsp3) is 0.938. The number of carbonyl (C=O) groups is 1. The Morgan fingerprint density at radius 3 is 1.70 bits per heavy atom. The van der Waals surface area contributed by atoms with Gasteiger partial charge in [0.1, 0.15) is 6.10 Å². The Labute approximate surface area is 330 Å². The van der Waals surface area contributed by atoms with Crippen LogP contribution in [0.1, 0.15) is 245 Å². The van der Waals surface area contributed by atoms with Crippen molar-refractivity contribution in [2.45, 2.75) is 258 Å². The number of carbonyl (C=O) groups excluding carboxylic acids is 1. The van der Waals surface area contributed by atoms with Gasteiger partial charge in [-0.2, -0.15) is 0 Å². The second-order valence-corrected chi connectivity index (χ2v) is 17.3. The quantitative estimate of drug-likeness (QED) is 0.0390. The minimum absolute atomic E-state index is 0.00959. The fourth-order valence-corrected chi connectivity index (χ4v) is 8.60. The minimum atomic E-state index is 0.00959. The summed E-state index contributed by atoms with van der Waals surface area (Å²) in [6, 6.07) is 0. The van der Waals surface area contributed by atoms with Crippen LogP contribution in [-0.2, 0) is 14.3 Å². The first-order chi connectivity index (χ1) is 26.1. The first-order valence-corrected chi connectivity index (χ1v) is 24.0. The number of ether oxygens (including phenoxy) is 2. The van der Waals surface area contributed by atoms with Crippen LogP contribution < -0.4 is 0 Å². The molecule has 0 amide bonds. The van der Waals surface area contributed by atoms with Crippen molar-refractivity contribution >= 4 is 5.97 Å². The van der Waals surface area contributed by atoms with E-state index in [9.17, 15) is 9.90 Å². The van der Waals surface area contributed by atoms with Crippen LogP contribution >= 0.6 is 0 Å². The number of esters is 1. The van der Waals surface area contributed by atoms with Crippen molar-refractivity contribution in [3.8, 4) is 0 Å². The lowest BCUT2D eigenvalue weighted by Gasteiger charge is -2.28. The topological polar surface area (TPSA) is 59.0 Å². The number of hydrogen-bond donors (Lipinski definition) is 1.